The first-order valence-electron chi connectivity index (χ1n) is 3.59. The molecule has 0 atom stereocenters. The van der Waals surface area contributed by atoms with Crippen molar-refractivity contribution in [1.82, 2.24) is 0 Å². The molecular weight excluding hydrogens is 252 g/mol. The van der Waals surface area contributed by atoms with Gasteiger partial charge < -0.3 is 4.42 Å². The van der Waals surface area contributed by atoms with Crippen LogP contribution in [0.1, 0.15) is 10.6 Å². The highest BCUT2D eigenvalue weighted by Crippen LogP contribution is 2.34. The number of furan rings is 1. The van der Waals surface area contributed by atoms with Crippen LogP contribution in [0.5, 0.6) is 0 Å². The van der Waals surface area contributed by atoms with Crippen molar-refractivity contribution >= 4 is 33.6 Å². The molecule has 0 fully saturated rings. The summed E-state index contributed by atoms with van der Waals surface area (Å²) >= 11 is 4.97. The van der Waals surface area contributed by atoms with Crippen molar-refractivity contribution in [1.29, 1.82) is 0 Å². The summed E-state index contributed by atoms with van der Waals surface area (Å²) in [5.41, 5.74) is 0. The zero-order chi connectivity index (χ0) is 9.26. The van der Waals surface area contributed by atoms with Gasteiger partial charge in [0.15, 0.2) is 12.0 Å². The number of carbonyl (C=O) groups excluding carboxylic acids is 1. The minimum Gasteiger partial charge on any atom is -0.452 e. The highest BCUT2D eigenvalue weighted by atomic mass is 79.9. The van der Waals surface area contributed by atoms with E-state index in [2.05, 4.69) is 15.9 Å². The average molecular weight is 257 g/mol. The van der Waals surface area contributed by atoms with E-state index in [4.69, 9.17) is 4.42 Å². The van der Waals surface area contributed by atoms with E-state index in [0.29, 0.717) is 12.0 Å². The summed E-state index contributed by atoms with van der Waals surface area (Å²) in [6.07, 6.45) is 0.699. The van der Waals surface area contributed by atoms with Gasteiger partial charge in [-0.15, -0.1) is 11.3 Å². The van der Waals surface area contributed by atoms with E-state index < -0.39 is 0 Å². The summed E-state index contributed by atoms with van der Waals surface area (Å²) in [7, 11) is 0. The molecule has 0 saturated heterocycles. The molecule has 0 aliphatic rings. The lowest BCUT2D eigenvalue weighted by atomic mass is 10.4. The van der Waals surface area contributed by atoms with E-state index in [1.54, 1.807) is 23.5 Å². The van der Waals surface area contributed by atoms with Gasteiger partial charge >= 0.3 is 0 Å². The topological polar surface area (TPSA) is 30.2 Å². The van der Waals surface area contributed by atoms with E-state index in [9.17, 15) is 4.79 Å². The molecule has 0 aliphatic carbocycles. The minimum absolute atomic E-state index is 0.357. The molecule has 2 rings (SSSR count). The zero-order valence-corrected chi connectivity index (χ0v) is 8.89. The minimum atomic E-state index is 0.357. The van der Waals surface area contributed by atoms with Crippen molar-refractivity contribution in [3.05, 3.63) is 33.8 Å². The van der Waals surface area contributed by atoms with Gasteiger partial charge in [-0.1, -0.05) is 0 Å². The quantitative estimate of drug-likeness (QED) is 0.769. The van der Waals surface area contributed by atoms with E-state index in [-0.39, 0.29) is 0 Å². The molecule has 0 radical (unpaired) electrons. The smallest absolute Gasteiger partial charge is 0.185 e. The molecular formula is C9H5BrO2S. The Morgan fingerprint density at radius 1 is 1.38 bits per heavy atom. The SMILES string of the molecule is O=Cc1ccc(-c2sccc2Br)o1. The van der Waals surface area contributed by atoms with Gasteiger partial charge in [0.05, 0.1) is 4.88 Å². The van der Waals surface area contributed by atoms with Crippen LogP contribution in [0.2, 0.25) is 0 Å². The highest BCUT2D eigenvalue weighted by molar-refractivity contribution is 9.10. The second kappa shape index (κ2) is 3.47. The van der Waals surface area contributed by atoms with Crippen LogP contribution in [-0.4, -0.2) is 6.29 Å². The second-order valence-corrected chi connectivity index (χ2v) is 4.19. The highest BCUT2D eigenvalue weighted by Gasteiger charge is 2.08. The van der Waals surface area contributed by atoms with Crippen molar-refractivity contribution < 1.29 is 9.21 Å². The monoisotopic (exact) mass is 256 g/mol. The molecule has 0 aromatic carbocycles. The van der Waals surface area contributed by atoms with Gasteiger partial charge in [0.2, 0.25) is 0 Å². The largest absolute Gasteiger partial charge is 0.452 e. The first-order chi connectivity index (χ1) is 6.31. The Morgan fingerprint density at radius 3 is 2.77 bits per heavy atom. The normalized spacial score (nSPS) is 10.2. The van der Waals surface area contributed by atoms with Crippen LogP contribution in [0.4, 0.5) is 0 Å². The molecule has 2 nitrogen and oxygen atoms in total. The third-order valence-corrected chi connectivity index (χ3v) is 3.44. The Hall–Kier alpha value is -0.870. The molecule has 2 aromatic rings. The molecule has 0 saturated carbocycles. The van der Waals surface area contributed by atoms with Crippen LogP contribution < -0.4 is 0 Å². The molecule has 13 heavy (non-hydrogen) atoms. The van der Waals surface area contributed by atoms with Crippen LogP contribution >= 0.6 is 27.3 Å². The predicted molar refractivity (Wildman–Crippen MR) is 55.1 cm³/mol. The lowest BCUT2D eigenvalue weighted by Crippen LogP contribution is -1.68. The van der Waals surface area contributed by atoms with E-state index in [0.717, 1.165) is 15.1 Å². The van der Waals surface area contributed by atoms with Gasteiger partial charge in [-0.25, -0.2) is 0 Å². The summed E-state index contributed by atoms with van der Waals surface area (Å²) in [6.45, 7) is 0. The van der Waals surface area contributed by atoms with Crippen LogP contribution in [0.15, 0.2) is 32.5 Å². The van der Waals surface area contributed by atoms with Crippen molar-refractivity contribution in [3.63, 3.8) is 0 Å². The molecule has 0 spiro atoms. The lowest BCUT2D eigenvalue weighted by Gasteiger charge is -1.90. The Bertz CT molecular complexity index is 430. The maximum atomic E-state index is 10.4. The number of hydrogen-bond donors (Lipinski definition) is 0. The molecule has 0 unspecified atom stereocenters. The summed E-state index contributed by atoms with van der Waals surface area (Å²) in [6, 6.07) is 5.40. The van der Waals surface area contributed by atoms with Crippen molar-refractivity contribution in [3.8, 4) is 10.6 Å². The van der Waals surface area contributed by atoms with Crippen LogP contribution in [0.3, 0.4) is 0 Å². The van der Waals surface area contributed by atoms with Gasteiger partial charge in [0, 0.05) is 4.47 Å². The molecule has 0 amide bonds. The summed E-state index contributed by atoms with van der Waals surface area (Å²) in [5.74, 6) is 1.08. The Morgan fingerprint density at radius 2 is 2.23 bits per heavy atom. The van der Waals surface area contributed by atoms with E-state index >= 15 is 0 Å². The van der Waals surface area contributed by atoms with Crippen LogP contribution in [0, 0.1) is 0 Å². The number of rotatable bonds is 2. The van der Waals surface area contributed by atoms with Gasteiger partial charge in [-0.05, 0) is 39.5 Å². The molecule has 0 N–H and O–H groups in total. The average Bonchev–Trinajstić information content (AvgIpc) is 2.71. The summed E-state index contributed by atoms with van der Waals surface area (Å²) < 4.78 is 6.26. The van der Waals surface area contributed by atoms with Gasteiger partial charge in [-0.3, -0.25) is 4.79 Å². The molecule has 0 aliphatic heterocycles. The standard InChI is InChI=1S/C9H5BrO2S/c10-7-3-4-13-9(7)8-2-1-6(5-11)12-8/h1-5H. The predicted octanol–water partition coefficient (Wildman–Crippen LogP) is 3.58. The molecule has 66 valence electrons. The Labute approximate surface area is 87.3 Å². The first-order valence-corrected chi connectivity index (χ1v) is 5.27. The number of aldehydes is 1. The van der Waals surface area contributed by atoms with Gasteiger partial charge in [-0.2, -0.15) is 0 Å². The molecule has 4 heteroatoms. The summed E-state index contributed by atoms with van der Waals surface area (Å²) in [4.78, 5) is 11.4. The molecule has 2 aromatic heterocycles. The maximum absolute atomic E-state index is 10.4. The van der Waals surface area contributed by atoms with Gasteiger partial charge in [0.25, 0.3) is 0 Å². The molecule has 2 heterocycles. The van der Waals surface area contributed by atoms with Gasteiger partial charge in [0.1, 0.15) is 5.76 Å². The number of hydrogen-bond acceptors (Lipinski definition) is 3. The fourth-order valence-electron chi connectivity index (χ4n) is 1.01. The van der Waals surface area contributed by atoms with Crippen molar-refractivity contribution in [2.24, 2.45) is 0 Å². The fourth-order valence-corrected chi connectivity index (χ4v) is 2.54. The molecule has 0 bridgehead atoms. The maximum Gasteiger partial charge on any atom is 0.185 e. The van der Waals surface area contributed by atoms with Crippen molar-refractivity contribution in [2.75, 3.05) is 0 Å². The van der Waals surface area contributed by atoms with Crippen LogP contribution in [0.25, 0.3) is 10.6 Å². The van der Waals surface area contributed by atoms with E-state index in [1.165, 1.54) is 0 Å². The Kier molecular flexibility index (Phi) is 2.33. The zero-order valence-electron chi connectivity index (χ0n) is 6.49. The Balaban J connectivity index is 2.46. The third-order valence-electron chi connectivity index (χ3n) is 1.58. The first kappa shape index (κ1) is 8.72. The fraction of sp³-hybridized carbons (Fsp3) is 0. The number of carbonyl (C=O) groups is 1. The number of halogens is 1. The van der Waals surface area contributed by atoms with Crippen LogP contribution in [-0.2, 0) is 0 Å². The van der Waals surface area contributed by atoms with Crippen molar-refractivity contribution in [2.45, 2.75) is 0 Å². The second-order valence-electron chi connectivity index (χ2n) is 2.42. The third kappa shape index (κ3) is 1.59. The summed E-state index contributed by atoms with van der Waals surface area (Å²) in [5, 5.41) is 1.96. The lowest BCUT2D eigenvalue weighted by molar-refractivity contribution is 0.110. The van der Waals surface area contributed by atoms with E-state index in [1.807, 2.05) is 11.4 Å². The number of thiophene rings is 1.